The molecule has 16 heavy (non-hydrogen) atoms. The van der Waals surface area contributed by atoms with E-state index in [2.05, 4.69) is 11.8 Å². The van der Waals surface area contributed by atoms with Gasteiger partial charge in [-0.3, -0.25) is 0 Å². The standard InChI is InChI=1S/C11H19NO3S/c1-3-4-9-15-10-11-5-7-12(8-6-11)16(2,13)14/h11H,5-10H2,1-2H3. The number of ether oxygens (including phenoxy) is 1. The van der Waals surface area contributed by atoms with Crippen molar-refractivity contribution in [3.05, 3.63) is 0 Å². The summed E-state index contributed by atoms with van der Waals surface area (Å²) >= 11 is 0. The summed E-state index contributed by atoms with van der Waals surface area (Å²) in [5.74, 6) is 6.08. The molecule has 1 aliphatic rings. The zero-order chi connectivity index (χ0) is 12.0. The van der Waals surface area contributed by atoms with Crippen molar-refractivity contribution in [1.29, 1.82) is 0 Å². The molecule has 1 heterocycles. The lowest BCUT2D eigenvalue weighted by atomic mass is 9.99. The van der Waals surface area contributed by atoms with Crippen molar-refractivity contribution in [1.82, 2.24) is 4.31 Å². The van der Waals surface area contributed by atoms with Crippen LogP contribution in [0.3, 0.4) is 0 Å². The summed E-state index contributed by atoms with van der Waals surface area (Å²) in [4.78, 5) is 0. The van der Waals surface area contributed by atoms with Crippen LogP contribution in [-0.4, -0.2) is 45.3 Å². The van der Waals surface area contributed by atoms with Gasteiger partial charge in [0, 0.05) is 13.1 Å². The van der Waals surface area contributed by atoms with E-state index in [0.29, 0.717) is 32.2 Å². The van der Waals surface area contributed by atoms with E-state index < -0.39 is 10.0 Å². The second-order valence-electron chi connectivity index (χ2n) is 4.05. The maximum absolute atomic E-state index is 11.3. The van der Waals surface area contributed by atoms with Crippen LogP contribution in [0.25, 0.3) is 0 Å². The van der Waals surface area contributed by atoms with Gasteiger partial charge in [0.1, 0.15) is 6.61 Å². The van der Waals surface area contributed by atoms with E-state index >= 15 is 0 Å². The summed E-state index contributed by atoms with van der Waals surface area (Å²) in [5, 5.41) is 0. The molecule has 1 rings (SSSR count). The van der Waals surface area contributed by atoms with Gasteiger partial charge < -0.3 is 4.74 Å². The van der Waals surface area contributed by atoms with Crippen LogP contribution in [0.2, 0.25) is 0 Å². The number of hydrogen-bond acceptors (Lipinski definition) is 3. The molecule has 0 atom stereocenters. The zero-order valence-corrected chi connectivity index (χ0v) is 10.7. The Morgan fingerprint density at radius 3 is 2.50 bits per heavy atom. The highest BCUT2D eigenvalue weighted by molar-refractivity contribution is 7.88. The second-order valence-corrected chi connectivity index (χ2v) is 6.03. The summed E-state index contributed by atoms with van der Waals surface area (Å²) in [5.41, 5.74) is 0. The van der Waals surface area contributed by atoms with Crippen LogP contribution in [0.4, 0.5) is 0 Å². The highest BCUT2D eigenvalue weighted by atomic mass is 32.2. The first kappa shape index (κ1) is 13.5. The largest absolute Gasteiger partial charge is 0.368 e. The molecule has 0 spiro atoms. The lowest BCUT2D eigenvalue weighted by Crippen LogP contribution is -2.38. The monoisotopic (exact) mass is 245 g/mol. The molecule has 1 saturated heterocycles. The maximum atomic E-state index is 11.3. The molecule has 0 aromatic heterocycles. The van der Waals surface area contributed by atoms with E-state index in [0.717, 1.165) is 12.8 Å². The molecule has 4 nitrogen and oxygen atoms in total. The Hall–Kier alpha value is -0.570. The molecule has 5 heteroatoms. The average Bonchev–Trinajstić information content (AvgIpc) is 2.24. The number of rotatable bonds is 4. The Morgan fingerprint density at radius 1 is 1.38 bits per heavy atom. The predicted octanol–water partition coefficient (Wildman–Crippen LogP) is 0.698. The minimum absolute atomic E-state index is 0.469. The van der Waals surface area contributed by atoms with Crippen LogP contribution >= 0.6 is 0 Å². The fourth-order valence-electron chi connectivity index (χ4n) is 1.76. The van der Waals surface area contributed by atoms with Crippen molar-refractivity contribution in [3.8, 4) is 11.8 Å². The third-order valence-electron chi connectivity index (χ3n) is 2.75. The molecule has 0 N–H and O–H groups in total. The number of nitrogens with zero attached hydrogens (tertiary/aromatic N) is 1. The molecule has 0 bridgehead atoms. The molecule has 0 amide bonds. The number of hydrogen-bond donors (Lipinski definition) is 0. The van der Waals surface area contributed by atoms with Gasteiger partial charge in [0.05, 0.1) is 12.9 Å². The van der Waals surface area contributed by atoms with Crippen LogP contribution in [0.5, 0.6) is 0 Å². The van der Waals surface area contributed by atoms with Crippen molar-refractivity contribution in [2.45, 2.75) is 19.8 Å². The molecule has 0 unspecified atom stereocenters. The van der Waals surface area contributed by atoms with Crippen molar-refractivity contribution in [2.24, 2.45) is 5.92 Å². The van der Waals surface area contributed by atoms with Gasteiger partial charge in [-0.25, -0.2) is 12.7 Å². The van der Waals surface area contributed by atoms with Crippen molar-refractivity contribution in [3.63, 3.8) is 0 Å². The van der Waals surface area contributed by atoms with E-state index in [1.165, 1.54) is 10.6 Å². The highest BCUT2D eigenvalue weighted by Crippen LogP contribution is 2.19. The molecule has 0 radical (unpaired) electrons. The smallest absolute Gasteiger partial charge is 0.211 e. The fourth-order valence-corrected chi connectivity index (χ4v) is 2.63. The first-order valence-corrected chi connectivity index (χ1v) is 7.31. The first-order valence-electron chi connectivity index (χ1n) is 5.46. The third-order valence-corrected chi connectivity index (χ3v) is 4.05. The van der Waals surface area contributed by atoms with Gasteiger partial charge in [-0.1, -0.05) is 5.92 Å². The lowest BCUT2D eigenvalue weighted by molar-refractivity contribution is 0.101. The molecule has 0 saturated carbocycles. The van der Waals surface area contributed by atoms with Crippen molar-refractivity contribution < 1.29 is 13.2 Å². The predicted molar refractivity (Wildman–Crippen MR) is 63.4 cm³/mol. The van der Waals surface area contributed by atoms with E-state index in [1.54, 1.807) is 6.92 Å². The van der Waals surface area contributed by atoms with Gasteiger partial charge >= 0.3 is 0 Å². The number of sulfonamides is 1. The van der Waals surface area contributed by atoms with E-state index in [-0.39, 0.29) is 0 Å². The van der Waals surface area contributed by atoms with Gasteiger partial charge in [0.25, 0.3) is 0 Å². The highest BCUT2D eigenvalue weighted by Gasteiger charge is 2.24. The van der Waals surface area contributed by atoms with E-state index in [1.807, 2.05) is 0 Å². The van der Waals surface area contributed by atoms with Crippen LogP contribution in [-0.2, 0) is 14.8 Å². The van der Waals surface area contributed by atoms with Crippen LogP contribution < -0.4 is 0 Å². The SMILES string of the molecule is CC#CCOCC1CCN(S(C)(=O)=O)CC1. The summed E-state index contributed by atoms with van der Waals surface area (Å²) in [6.07, 6.45) is 3.03. The van der Waals surface area contributed by atoms with Crippen molar-refractivity contribution >= 4 is 10.0 Å². The zero-order valence-electron chi connectivity index (χ0n) is 9.90. The Bertz CT molecular complexity index is 358. The van der Waals surface area contributed by atoms with Crippen LogP contribution in [0, 0.1) is 17.8 Å². The van der Waals surface area contributed by atoms with Crippen LogP contribution in [0.1, 0.15) is 19.8 Å². The molecule has 1 aliphatic heterocycles. The topological polar surface area (TPSA) is 46.6 Å². The minimum atomic E-state index is -3.01. The third kappa shape index (κ3) is 4.52. The van der Waals surface area contributed by atoms with Crippen LogP contribution in [0.15, 0.2) is 0 Å². The number of piperidine rings is 1. The molecular weight excluding hydrogens is 226 g/mol. The molecular formula is C11H19NO3S. The Kier molecular flexibility index (Phi) is 5.26. The summed E-state index contributed by atoms with van der Waals surface area (Å²) in [6.45, 7) is 4.18. The lowest BCUT2D eigenvalue weighted by Gasteiger charge is -2.29. The fraction of sp³-hybridized carbons (Fsp3) is 0.818. The van der Waals surface area contributed by atoms with Gasteiger partial charge in [0.15, 0.2) is 0 Å². The van der Waals surface area contributed by atoms with Gasteiger partial charge in [-0.2, -0.15) is 0 Å². The normalized spacial score (nSPS) is 19.1. The minimum Gasteiger partial charge on any atom is -0.368 e. The summed E-state index contributed by atoms with van der Waals surface area (Å²) in [7, 11) is -3.01. The second kappa shape index (κ2) is 6.24. The molecule has 1 fully saturated rings. The van der Waals surface area contributed by atoms with Gasteiger partial charge in [-0.15, -0.1) is 5.92 Å². The Balaban J connectivity index is 2.24. The van der Waals surface area contributed by atoms with Gasteiger partial charge in [-0.05, 0) is 25.7 Å². The summed E-state index contributed by atoms with van der Waals surface area (Å²) in [6, 6.07) is 0. The molecule has 0 aliphatic carbocycles. The van der Waals surface area contributed by atoms with Crippen molar-refractivity contribution in [2.75, 3.05) is 32.6 Å². The Labute approximate surface area is 98.0 Å². The maximum Gasteiger partial charge on any atom is 0.211 e. The quantitative estimate of drug-likeness (QED) is 0.541. The van der Waals surface area contributed by atoms with Gasteiger partial charge in [0.2, 0.25) is 10.0 Å². The average molecular weight is 245 g/mol. The Morgan fingerprint density at radius 2 is 2.00 bits per heavy atom. The first-order chi connectivity index (χ1) is 7.54. The van der Waals surface area contributed by atoms with E-state index in [9.17, 15) is 8.42 Å². The molecule has 92 valence electrons. The molecule has 0 aromatic rings. The summed E-state index contributed by atoms with van der Waals surface area (Å²) < 4.78 is 29.5. The molecule has 0 aromatic carbocycles. The van der Waals surface area contributed by atoms with E-state index in [4.69, 9.17) is 4.74 Å².